The van der Waals surface area contributed by atoms with Crippen molar-refractivity contribution in [3.63, 3.8) is 0 Å². The highest BCUT2D eigenvalue weighted by Gasteiger charge is 2.08. The van der Waals surface area contributed by atoms with Crippen LogP contribution in [-0.4, -0.2) is 10.2 Å². The van der Waals surface area contributed by atoms with E-state index in [-0.39, 0.29) is 0 Å². The second kappa shape index (κ2) is 3.59. The Bertz CT molecular complexity index is 503. The summed E-state index contributed by atoms with van der Waals surface area (Å²) in [5.41, 5.74) is 9.85. The molecule has 0 amide bonds. The normalized spacial score (nSPS) is 10.6. The molecule has 0 saturated heterocycles. The van der Waals surface area contributed by atoms with Crippen molar-refractivity contribution in [2.75, 3.05) is 5.73 Å². The van der Waals surface area contributed by atoms with Crippen molar-refractivity contribution in [3.05, 3.63) is 34.3 Å². The topological polar surface area (TPSA) is 54.7 Å². The number of H-pyrrole nitrogens is 1. The van der Waals surface area contributed by atoms with Crippen molar-refractivity contribution in [1.82, 2.24) is 10.2 Å². The van der Waals surface area contributed by atoms with Gasteiger partial charge < -0.3 is 5.73 Å². The van der Waals surface area contributed by atoms with Crippen molar-refractivity contribution in [2.24, 2.45) is 0 Å². The van der Waals surface area contributed by atoms with E-state index >= 15 is 0 Å². The maximum Gasteiger partial charge on any atom is 0.145 e. The van der Waals surface area contributed by atoms with Gasteiger partial charge >= 0.3 is 0 Å². The molecule has 1 heterocycles. The summed E-state index contributed by atoms with van der Waals surface area (Å²) in [4.78, 5) is 0. The van der Waals surface area contributed by atoms with Gasteiger partial charge in [0.1, 0.15) is 5.82 Å². The number of halogens is 1. The van der Waals surface area contributed by atoms with Crippen molar-refractivity contribution < 1.29 is 0 Å². The Morgan fingerprint density at radius 3 is 2.60 bits per heavy atom. The Kier molecular flexibility index (Phi) is 2.40. The second-order valence-corrected chi connectivity index (χ2v) is 4.04. The van der Waals surface area contributed by atoms with Crippen LogP contribution in [0.5, 0.6) is 0 Å². The Labute approximate surface area is 93.3 Å². The van der Waals surface area contributed by atoms with Crippen LogP contribution in [0.4, 0.5) is 5.82 Å². The summed E-state index contributed by atoms with van der Waals surface area (Å²) in [5.74, 6) is 0.488. The molecule has 0 unspecified atom stereocenters. The van der Waals surface area contributed by atoms with Gasteiger partial charge in [-0.3, -0.25) is 5.10 Å². The molecule has 0 fully saturated rings. The highest BCUT2D eigenvalue weighted by molar-refractivity contribution is 6.31. The minimum Gasteiger partial charge on any atom is -0.382 e. The molecule has 2 aromatic rings. The molecule has 0 spiro atoms. The molecule has 1 aromatic heterocycles. The van der Waals surface area contributed by atoms with Crippen molar-refractivity contribution >= 4 is 17.4 Å². The molecular weight excluding hydrogens is 210 g/mol. The summed E-state index contributed by atoms with van der Waals surface area (Å²) >= 11 is 6.01. The molecule has 0 aliphatic carbocycles. The third-order valence-electron chi connectivity index (χ3n) is 2.52. The smallest absolute Gasteiger partial charge is 0.145 e. The zero-order valence-electron chi connectivity index (χ0n) is 8.63. The fourth-order valence-corrected chi connectivity index (χ4v) is 1.84. The average Bonchev–Trinajstić information content (AvgIpc) is 2.58. The first-order chi connectivity index (χ1) is 7.08. The van der Waals surface area contributed by atoms with E-state index in [1.165, 1.54) is 5.56 Å². The Morgan fingerprint density at radius 2 is 2.00 bits per heavy atom. The van der Waals surface area contributed by atoms with Crippen LogP contribution in [0, 0.1) is 13.8 Å². The number of nitrogens with one attached hydrogen (secondary N) is 1. The number of aryl methyl sites for hydroxylation is 1. The van der Waals surface area contributed by atoms with Crippen LogP contribution in [0.15, 0.2) is 18.2 Å². The minimum absolute atomic E-state index is 0.488. The number of rotatable bonds is 1. The molecule has 0 aliphatic heterocycles. The van der Waals surface area contributed by atoms with Gasteiger partial charge in [0, 0.05) is 16.7 Å². The first kappa shape index (κ1) is 10.1. The SMILES string of the molecule is Cc1cc(Cl)cc(-c2cc(N)n[nH]2)c1C. The fraction of sp³-hybridized carbons (Fsp3) is 0.182. The summed E-state index contributed by atoms with van der Waals surface area (Å²) in [5, 5.41) is 7.51. The fourth-order valence-electron chi connectivity index (χ4n) is 1.57. The van der Waals surface area contributed by atoms with Crippen molar-refractivity contribution in [2.45, 2.75) is 13.8 Å². The number of hydrogen-bond donors (Lipinski definition) is 2. The lowest BCUT2D eigenvalue weighted by Gasteiger charge is -2.07. The van der Waals surface area contributed by atoms with E-state index in [0.717, 1.165) is 21.8 Å². The van der Waals surface area contributed by atoms with Gasteiger partial charge in [-0.1, -0.05) is 11.6 Å². The lowest BCUT2D eigenvalue weighted by atomic mass is 10.0. The number of nitrogen functional groups attached to an aromatic ring is 1. The molecule has 0 atom stereocenters. The zero-order valence-corrected chi connectivity index (χ0v) is 9.39. The van der Waals surface area contributed by atoms with Crippen LogP contribution >= 0.6 is 11.6 Å². The predicted octanol–water partition coefficient (Wildman–Crippen LogP) is 2.93. The monoisotopic (exact) mass is 221 g/mol. The van der Waals surface area contributed by atoms with Gasteiger partial charge in [-0.05, 0) is 37.1 Å². The zero-order chi connectivity index (χ0) is 11.0. The first-order valence-electron chi connectivity index (χ1n) is 4.66. The van der Waals surface area contributed by atoms with E-state index in [0.29, 0.717) is 5.82 Å². The van der Waals surface area contributed by atoms with Gasteiger partial charge in [-0.25, -0.2) is 0 Å². The third kappa shape index (κ3) is 1.83. The lowest BCUT2D eigenvalue weighted by molar-refractivity contribution is 1.10. The van der Waals surface area contributed by atoms with Crippen molar-refractivity contribution in [3.8, 4) is 11.3 Å². The lowest BCUT2D eigenvalue weighted by Crippen LogP contribution is -1.88. The second-order valence-electron chi connectivity index (χ2n) is 3.60. The van der Waals surface area contributed by atoms with Crippen molar-refractivity contribution in [1.29, 1.82) is 0 Å². The van der Waals surface area contributed by atoms with Crippen LogP contribution in [0.25, 0.3) is 11.3 Å². The molecule has 15 heavy (non-hydrogen) atoms. The molecule has 1 aromatic carbocycles. The molecular formula is C11H12ClN3. The molecule has 0 bridgehead atoms. The Hall–Kier alpha value is -1.48. The molecule has 0 radical (unpaired) electrons. The third-order valence-corrected chi connectivity index (χ3v) is 2.74. The molecule has 3 N–H and O–H groups in total. The number of anilines is 1. The summed E-state index contributed by atoms with van der Waals surface area (Å²) in [6.07, 6.45) is 0. The van der Waals surface area contributed by atoms with Crippen LogP contribution < -0.4 is 5.73 Å². The van der Waals surface area contributed by atoms with E-state index < -0.39 is 0 Å². The molecule has 3 nitrogen and oxygen atoms in total. The highest BCUT2D eigenvalue weighted by Crippen LogP contribution is 2.28. The maximum absolute atomic E-state index is 6.01. The first-order valence-corrected chi connectivity index (χ1v) is 5.03. The number of hydrogen-bond acceptors (Lipinski definition) is 2. The molecule has 78 valence electrons. The van der Waals surface area contributed by atoms with Crippen LogP contribution in [0.3, 0.4) is 0 Å². The molecule has 4 heteroatoms. The predicted molar refractivity (Wildman–Crippen MR) is 62.9 cm³/mol. The number of nitrogens with two attached hydrogens (primary N) is 1. The largest absolute Gasteiger partial charge is 0.382 e. The Balaban J connectivity index is 2.62. The van der Waals surface area contributed by atoms with Crippen LogP contribution in [0.1, 0.15) is 11.1 Å². The van der Waals surface area contributed by atoms with E-state index in [1.54, 1.807) is 6.07 Å². The van der Waals surface area contributed by atoms with E-state index in [1.807, 2.05) is 19.1 Å². The van der Waals surface area contributed by atoms with Crippen LogP contribution in [0.2, 0.25) is 5.02 Å². The maximum atomic E-state index is 6.01. The summed E-state index contributed by atoms with van der Waals surface area (Å²) in [7, 11) is 0. The van der Waals surface area contributed by atoms with E-state index in [2.05, 4.69) is 17.1 Å². The van der Waals surface area contributed by atoms with Gasteiger partial charge in [0.2, 0.25) is 0 Å². The quantitative estimate of drug-likeness (QED) is 0.778. The minimum atomic E-state index is 0.488. The van der Waals surface area contributed by atoms with Gasteiger partial charge in [0.05, 0.1) is 5.69 Å². The summed E-state index contributed by atoms with van der Waals surface area (Å²) in [6.45, 7) is 4.09. The molecule has 2 rings (SSSR count). The van der Waals surface area contributed by atoms with E-state index in [9.17, 15) is 0 Å². The molecule has 0 saturated carbocycles. The summed E-state index contributed by atoms with van der Waals surface area (Å²) < 4.78 is 0. The van der Waals surface area contributed by atoms with Gasteiger partial charge in [0.25, 0.3) is 0 Å². The van der Waals surface area contributed by atoms with Gasteiger partial charge in [0.15, 0.2) is 0 Å². The Morgan fingerprint density at radius 1 is 1.27 bits per heavy atom. The standard InChI is InChI=1S/C11H12ClN3/c1-6-3-8(12)4-9(7(6)2)10-5-11(13)15-14-10/h3-5H,1-2H3,(H3,13,14,15). The van der Waals surface area contributed by atoms with Gasteiger partial charge in [-0.2, -0.15) is 5.10 Å². The number of benzene rings is 1. The summed E-state index contributed by atoms with van der Waals surface area (Å²) in [6, 6.07) is 5.66. The van der Waals surface area contributed by atoms with E-state index in [4.69, 9.17) is 17.3 Å². The number of nitrogens with zero attached hydrogens (tertiary/aromatic N) is 1. The highest BCUT2D eigenvalue weighted by atomic mass is 35.5. The van der Waals surface area contributed by atoms with Gasteiger partial charge in [-0.15, -0.1) is 0 Å². The average molecular weight is 222 g/mol. The molecule has 0 aliphatic rings. The number of aromatic nitrogens is 2. The van der Waals surface area contributed by atoms with Crippen LogP contribution in [-0.2, 0) is 0 Å². The number of aromatic amines is 1.